The average Bonchev–Trinajstić information content (AvgIpc) is 3.45. The van der Waals surface area contributed by atoms with E-state index in [1.807, 2.05) is 49.5 Å². The van der Waals surface area contributed by atoms with Crippen molar-refractivity contribution in [3.05, 3.63) is 77.0 Å². The molecule has 2 aliphatic heterocycles. The van der Waals surface area contributed by atoms with E-state index in [4.69, 9.17) is 4.74 Å². The first-order valence-electron chi connectivity index (χ1n) is 14.1. The zero-order valence-corrected chi connectivity index (χ0v) is 24.8. The first-order chi connectivity index (χ1) is 21.6. The summed E-state index contributed by atoms with van der Waals surface area (Å²) in [5.74, 6) is -11.2. The van der Waals surface area contributed by atoms with Crippen molar-refractivity contribution >= 4 is 32.3 Å². The first kappa shape index (κ1) is 30.8. The van der Waals surface area contributed by atoms with Crippen LogP contribution in [0.5, 0.6) is 11.8 Å². The molecule has 1 atom stereocenters. The Hall–Kier alpha value is -4.24. The minimum Gasteiger partial charge on any atom is -0.462 e. The van der Waals surface area contributed by atoms with E-state index in [1.54, 1.807) is 0 Å². The van der Waals surface area contributed by atoms with Crippen LogP contribution in [-0.4, -0.2) is 62.9 Å². The highest BCUT2D eigenvalue weighted by atomic mass is 32.2. The van der Waals surface area contributed by atoms with E-state index >= 15 is 0 Å². The van der Waals surface area contributed by atoms with Crippen LogP contribution in [0.1, 0.15) is 24.1 Å². The molecular weight excluding hydrogens is 621 g/mol. The van der Waals surface area contributed by atoms with E-state index in [1.165, 1.54) is 0 Å². The van der Waals surface area contributed by atoms with Gasteiger partial charge in [-0.2, -0.15) is 14.4 Å². The highest BCUT2D eigenvalue weighted by molar-refractivity contribution is 7.92. The molecule has 6 rings (SSSR count). The molecule has 0 saturated carbocycles. The Labute approximate surface area is 255 Å². The number of ether oxygens (including phenoxy) is 2. The van der Waals surface area contributed by atoms with Crippen molar-refractivity contribution in [2.45, 2.75) is 36.7 Å². The number of fused-ring (bicyclic) bond motifs is 2. The number of benzene rings is 3. The van der Waals surface area contributed by atoms with Crippen LogP contribution >= 0.6 is 0 Å². The Morgan fingerprint density at radius 3 is 2.47 bits per heavy atom. The van der Waals surface area contributed by atoms with Gasteiger partial charge in [0.1, 0.15) is 6.61 Å². The van der Waals surface area contributed by atoms with Crippen LogP contribution in [0, 0.1) is 23.3 Å². The van der Waals surface area contributed by atoms with Crippen LogP contribution in [0.25, 0.3) is 10.8 Å². The van der Waals surface area contributed by atoms with Crippen LogP contribution in [0.15, 0.2) is 47.4 Å². The molecule has 0 unspecified atom stereocenters. The number of anilines is 2. The number of nitrogens with one attached hydrogen (secondary N) is 1. The normalized spacial score (nSPS) is 17.0. The summed E-state index contributed by atoms with van der Waals surface area (Å²) in [4.78, 5) is 11.2. The Kier molecular flexibility index (Phi) is 8.39. The van der Waals surface area contributed by atoms with E-state index in [2.05, 4.69) is 29.2 Å². The van der Waals surface area contributed by atoms with Gasteiger partial charge in [-0.1, -0.05) is 36.4 Å². The maximum Gasteiger partial charge on any atom is 0.318 e. The molecule has 0 bridgehead atoms. The van der Waals surface area contributed by atoms with Crippen molar-refractivity contribution in [2.75, 3.05) is 43.2 Å². The zero-order chi connectivity index (χ0) is 31.9. The highest BCUT2D eigenvalue weighted by Crippen LogP contribution is 2.37. The number of nitrogens with zero attached hydrogens (tertiary/aromatic N) is 4. The summed E-state index contributed by atoms with van der Waals surface area (Å²) in [6, 6.07) is 13.6. The SMILES string of the molecule is CN1CCC[C@H]1COc1nc2c(c(NS(=O)(=O)c3c(F)c(F)c(F)c(F)c3OCF)n1)CCN(c1cccc3ccccc13)C2. The van der Waals surface area contributed by atoms with Gasteiger partial charge >= 0.3 is 6.01 Å². The Morgan fingerprint density at radius 2 is 1.71 bits per heavy atom. The van der Waals surface area contributed by atoms with Gasteiger partial charge in [-0.3, -0.25) is 4.72 Å². The van der Waals surface area contributed by atoms with E-state index in [0.29, 0.717) is 17.8 Å². The molecule has 0 spiro atoms. The minimum atomic E-state index is -5.27. The van der Waals surface area contributed by atoms with E-state index < -0.39 is 50.8 Å². The summed E-state index contributed by atoms with van der Waals surface area (Å²) >= 11 is 0. The van der Waals surface area contributed by atoms with Gasteiger partial charge in [-0.25, -0.2) is 26.0 Å². The molecule has 1 saturated heterocycles. The third kappa shape index (κ3) is 5.81. The highest BCUT2D eigenvalue weighted by Gasteiger charge is 2.36. The summed E-state index contributed by atoms with van der Waals surface area (Å²) in [7, 11) is -3.33. The van der Waals surface area contributed by atoms with Crippen LogP contribution in [-0.2, 0) is 23.0 Å². The van der Waals surface area contributed by atoms with Gasteiger partial charge in [-0.05, 0) is 44.3 Å². The number of sulfonamides is 1. The predicted octanol–water partition coefficient (Wildman–Crippen LogP) is 5.33. The average molecular weight is 650 g/mol. The second-order valence-electron chi connectivity index (χ2n) is 10.8. The Morgan fingerprint density at radius 1 is 0.956 bits per heavy atom. The van der Waals surface area contributed by atoms with Gasteiger partial charge in [-0.15, -0.1) is 0 Å². The lowest BCUT2D eigenvalue weighted by Gasteiger charge is -2.32. The Bertz CT molecular complexity index is 1870. The predicted molar refractivity (Wildman–Crippen MR) is 156 cm³/mol. The molecule has 15 heteroatoms. The van der Waals surface area contributed by atoms with Gasteiger partial charge in [0.25, 0.3) is 10.0 Å². The smallest absolute Gasteiger partial charge is 0.318 e. The second-order valence-corrected chi connectivity index (χ2v) is 12.4. The molecule has 3 heterocycles. The molecule has 0 aliphatic carbocycles. The van der Waals surface area contributed by atoms with Crippen molar-refractivity contribution in [3.63, 3.8) is 0 Å². The van der Waals surface area contributed by atoms with Crippen LogP contribution in [0.2, 0.25) is 0 Å². The third-order valence-corrected chi connectivity index (χ3v) is 9.47. The standard InChI is InChI=1S/C30H28F5N5O4S/c1-39-12-5-8-18(39)15-43-30-36-21-14-40(22-10-4-7-17-6-2-3-9-19(17)22)13-11-20(21)29(37-30)38-45(41,42)28-26(35)24(33)23(32)25(34)27(28)44-16-31/h2-4,6-7,9-10,18H,5,8,11-16H2,1H3,(H,36,37,38)/t18-/m0/s1. The number of hydrogen-bond donors (Lipinski definition) is 1. The summed E-state index contributed by atoms with van der Waals surface area (Å²) in [6.45, 7) is -0.151. The quantitative estimate of drug-likeness (QED) is 0.148. The fraction of sp³-hybridized carbons (Fsp3) is 0.333. The molecule has 0 radical (unpaired) electrons. The lowest BCUT2D eigenvalue weighted by Crippen LogP contribution is -2.33. The van der Waals surface area contributed by atoms with Crippen molar-refractivity contribution < 1.29 is 39.8 Å². The minimum absolute atomic E-state index is 0.0663. The van der Waals surface area contributed by atoms with Crippen molar-refractivity contribution in [2.24, 2.45) is 0 Å². The maximum atomic E-state index is 14.9. The van der Waals surface area contributed by atoms with Crippen molar-refractivity contribution in [3.8, 4) is 11.8 Å². The molecule has 1 aromatic heterocycles. The molecule has 2 aliphatic rings. The summed E-state index contributed by atoms with van der Waals surface area (Å²) in [6.07, 6.45) is 2.05. The first-order valence-corrected chi connectivity index (χ1v) is 15.6. The number of halogens is 5. The molecule has 4 aromatic rings. The number of likely N-dealkylation sites (N-methyl/N-ethyl adjacent to an activating group) is 1. The molecular formula is C30H28F5N5O4S. The topological polar surface area (TPSA) is 96.9 Å². The molecule has 238 valence electrons. The van der Waals surface area contributed by atoms with Crippen molar-refractivity contribution in [1.82, 2.24) is 14.9 Å². The van der Waals surface area contributed by atoms with E-state index in [0.717, 1.165) is 35.8 Å². The molecule has 0 amide bonds. The van der Waals surface area contributed by atoms with Gasteiger partial charge in [0.2, 0.25) is 18.5 Å². The van der Waals surface area contributed by atoms with Crippen LogP contribution in [0.3, 0.4) is 0 Å². The van der Waals surface area contributed by atoms with Gasteiger partial charge < -0.3 is 19.3 Å². The number of hydrogen-bond acceptors (Lipinski definition) is 8. The molecule has 45 heavy (non-hydrogen) atoms. The monoisotopic (exact) mass is 649 g/mol. The van der Waals surface area contributed by atoms with Gasteiger partial charge in [0.15, 0.2) is 28.1 Å². The summed E-state index contributed by atoms with van der Waals surface area (Å²) < 4.78 is 110. The van der Waals surface area contributed by atoms with Gasteiger partial charge in [0.05, 0.1) is 12.2 Å². The van der Waals surface area contributed by atoms with E-state index in [9.17, 15) is 30.4 Å². The van der Waals surface area contributed by atoms with E-state index in [-0.39, 0.29) is 37.4 Å². The molecule has 9 nitrogen and oxygen atoms in total. The fourth-order valence-corrected chi connectivity index (χ4v) is 7.04. The molecule has 1 N–H and O–H groups in total. The lowest BCUT2D eigenvalue weighted by atomic mass is 10.0. The Balaban J connectivity index is 1.40. The number of aromatic nitrogens is 2. The zero-order valence-electron chi connectivity index (χ0n) is 24.0. The van der Waals surface area contributed by atoms with Crippen molar-refractivity contribution in [1.29, 1.82) is 0 Å². The fourth-order valence-electron chi connectivity index (χ4n) is 5.80. The maximum absolute atomic E-state index is 14.9. The lowest BCUT2D eigenvalue weighted by molar-refractivity contribution is 0.174. The van der Waals surface area contributed by atoms with Crippen LogP contribution < -0.4 is 19.1 Å². The second kappa shape index (κ2) is 12.3. The number of likely N-dealkylation sites (tertiary alicyclic amines) is 1. The molecule has 1 fully saturated rings. The largest absolute Gasteiger partial charge is 0.462 e. The number of rotatable bonds is 9. The third-order valence-electron chi connectivity index (χ3n) is 8.11. The molecule has 3 aromatic carbocycles. The summed E-state index contributed by atoms with van der Waals surface area (Å²) in [5, 5.41) is 2.02. The number of alkyl halides is 1. The van der Waals surface area contributed by atoms with Crippen LogP contribution in [0.4, 0.5) is 33.5 Å². The van der Waals surface area contributed by atoms with Gasteiger partial charge in [0, 0.05) is 29.2 Å². The summed E-state index contributed by atoms with van der Waals surface area (Å²) in [5.41, 5.74) is 1.65.